The molecule has 208 valence electrons. The standard InChI is InChI=1S/C33H37N3O4/c1-33(2,3)40-32(37)25-10-12-29-30(18-25)36(20-28-14-16-38-28)31(34-29)21-35-15-13-24-9-11-27(17-26(24)19-35)39-22-23-7-5-4-6-8-23/h4-12,17-18,28H,13-16,19-22H2,1-3H3/t28-/m0/s1. The Labute approximate surface area is 235 Å². The van der Waals surface area contributed by atoms with Crippen LogP contribution in [0.2, 0.25) is 0 Å². The van der Waals surface area contributed by atoms with Crippen molar-refractivity contribution in [3.05, 3.63) is 94.8 Å². The summed E-state index contributed by atoms with van der Waals surface area (Å²) >= 11 is 0. The Morgan fingerprint density at radius 1 is 1.05 bits per heavy atom. The lowest BCUT2D eigenvalue weighted by Crippen LogP contribution is -2.34. The Morgan fingerprint density at radius 3 is 2.62 bits per heavy atom. The molecule has 0 amide bonds. The normalized spacial score (nSPS) is 17.3. The highest BCUT2D eigenvalue weighted by molar-refractivity contribution is 5.94. The first kappa shape index (κ1) is 26.5. The number of hydrogen-bond donors (Lipinski definition) is 0. The number of fused-ring (bicyclic) bond motifs is 2. The molecule has 0 bridgehead atoms. The quantitative estimate of drug-likeness (QED) is 0.259. The van der Waals surface area contributed by atoms with Gasteiger partial charge in [-0.05, 0) is 80.6 Å². The minimum absolute atomic E-state index is 0.174. The fourth-order valence-corrected chi connectivity index (χ4v) is 5.35. The number of rotatable bonds is 8. The van der Waals surface area contributed by atoms with Crippen LogP contribution in [0.15, 0.2) is 66.7 Å². The van der Waals surface area contributed by atoms with Crippen molar-refractivity contribution in [3.63, 3.8) is 0 Å². The highest BCUT2D eigenvalue weighted by Crippen LogP contribution is 2.28. The van der Waals surface area contributed by atoms with Crippen LogP contribution in [-0.4, -0.2) is 45.3 Å². The van der Waals surface area contributed by atoms with E-state index in [1.807, 2.05) is 57.2 Å². The summed E-state index contributed by atoms with van der Waals surface area (Å²) in [6, 6.07) is 22.4. The van der Waals surface area contributed by atoms with E-state index in [0.717, 1.165) is 73.8 Å². The maximum absolute atomic E-state index is 12.8. The van der Waals surface area contributed by atoms with E-state index in [-0.39, 0.29) is 12.1 Å². The number of carbonyl (C=O) groups excluding carboxylic acids is 1. The molecule has 6 rings (SSSR count). The number of ether oxygens (including phenoxy) is 3. The first-order chi connectivity index (χ1) is 19.3. The van der Waals surface area contributed by atoms with Crippen molar-refractivity contribution in [1.29, 1.82) is 0 Å². The third kappa shape index (κ3) is 6.06. The molecule has 0 aliphatic carbocycles. The summed E-state index contributed by atoms with van der Waals surface area (Å²) in [5.41, 5.74) is 5.66. The lowest BCUT2D eigenvalue weighted by Gasteiger charge is -2.30. The second-order valence-electron chi connectivity index (χ2n) is 11.8. The van der Waals surface area contributed by atoms with Crippen LogP contribution in [0.5, 0.6) is 5.75 Å². The molecule has 2 aliphatic heterocycles. The van der Waals surface area contributed by atoms with E-state index in [1.165, 1.54) is 11.1 Å². The van der Waals surface area contributed by atoms with Crippen molar-refractivity contribution in [1.82, 2.24) is 14.5 Å². The van der Waals surface area contributed by atoms with Crippen LogP contribution in [0.3, 0.4) is 0 Å². The van der Waals surface area contributed by atoms with Gasteiger partial charge in [0, 0.05) is 19.7 Å². The smallest absolute Gasteiger partial charge is 0.338 e. The average molecular weight is 540 g/mol. The van der Waals surface area contributed by atoms with Crippen molar-refractivity contribution < 1.29 is 19.0 Å². The van der Waals surface area contributed by atoms with E-state index in [1.54, 1.807) is 0 Å². The van der Waals surface area contributed by atoms with E-state index >= 15 is 0 Å². The number of aromatic nitrogens is 2. The first-order valence-electron chi connectivity index (χ1n) is 14.2. The molecule has 7 heteroatoms. The minimum Gasteiger partial charge on any atom is -0.489 e. The second kappa shape index (κ2) is 11.1. The van der Waals surface area contributed by atoms with Crippen molar-refractivity contribution in [2.45, 2.75) is 71.6 Å². The Kier molecular flexibility index (Phi) is 7.34. The van der Waals surface area contributed by atoms with E-state index < -0.39 is 5.60 Å². The molecule has 0 unspecified atom stereocenters. The van der Waals surface area contributed by atoms with Gasteiger partial charge in [-0.15, -0.1) is 0 Å². The van der Waals surface area contributed by atoms with Gasteiger partial charge in [0.2, 0.25) is 0 Å². The largest absolute Gasteiger partial charge is 0.489 e. The number of benzene rings is 3. The number of nitrogens with zero attached hydrogens (tertiary/aromatic N) is 3. The Morgan fingerprint density at radius 2 is 1.88 bits per heavy atom. The molecule has 2 aliphatic rings. The first-order valence-corrected chi connectivity index (χ1v) is 14.2. The van der Waals surface area contributed by atoms with Gasteiger partial charge in [-0.3, -0.25) is 4.90 Å². The summed E-state index contributed by atoms with van der Waals surface area (Å²) < 4.78 is 19.8. The fourth-order valence-electron chi connectivity index (χ4n) is 5.35. The summed E-state index contributed by atoms with van der Waals surface area (Å²) in [6.45, 7) is 10.3. The van der Waals surface area contributed by atoms with E-state index in [0.29, 0.717) is 12.2 Å². The minimum atomic E-state index is -0.547. The molecule has 1 fully saturated rings. The van der Waals surface area contributed by atoms with E-state index in [4.69, 9.17) is 19.2 Å². The lowest BCUT2D eigenvalue weighted by molar-refractivity contribution is -0.0592. The molecule has 1 aromatic heterocycles. The van der Waals surface area contributed by atoms with Crippen LogP contribution in [0.1, 0.15) is 60.1 Å². The molecule has 3 aromatic carbocycles. The Hall–Kier alpha value is -3.68. The van der Waals surface area contributed by atoms with Crippen molar-refractivity contribution in [2.75, 3.05) is 13.2 Å². The molecule has 0 saturated carbocycles. The summed E-state index contributed by atoms with van der Waals surface area (Å²) in [5.74, 6) is 1.57. The van der Waals surface area contributed by atoms with Gasteiger partial charge in [0.15, 0.2) is 0 Å². The highest BCUT2D eigenvalue weighted by Gasteiger charge is 2.25. The molecule has 0 spiro atoms. The molecule has 4 aromatic rings. The molecule has 3 heterocycles. The van der Waals surface area contributed by atoms with Crippen molar-refractivity contribution in [3.8, 4) is 5.75 Å². The third-order valence-corrected chi connectivity index (χ3v) is 7.52. The maximum Gasteiger partial charge on any atom is 0.338 e. The van der Waals surface area contributed by atoms with Crippen LogP contribution in [0, 0.1) is 0 Å². The highest BCUT2D eigenvalue weighted by atomic mass is 16.6. The fraction of sp³-hybridized carbons (Fsp3) is 0.394. The predicted octanol–water partition coefficient (Wildman–Crippen LogP) is 5.92. The van der Waals surface area contributed by atoms with Gasteiger partial charge >= 0.3 is 5.97 Å². The molecule has 0 radical (unpaired) electrons. The Bertz CT molecular complexity index is 1500. The molecular formula is C33H37N3O4. The molecular weight excluding hydrogens is 502 g/mol. The van der Waals surface area contributed by atoms with E-state index in [2.05, 4.69) is 39.8 Å². The zero-order valence-corrected chi connectivity index (χ0v) is 23.6. The molecule has 0 N–H and O–H groups in total. The summed E-state index contributed by atoms with van der Waals surface area (Å²) in [5, 5.41) is 0. The van der Waals surface area contributed by atoms with Gasteiger partial charge in [-0.1, -0.05) is 36.4 Å². The topological polar surface area (TPSA) is 65.8 Å². The van der Waals surface area contributed by atoms with Gasteiger partial charge in [0.25, 0.3) is 0 Å². The van der Waals surface area contributed by atoms with Gasteiger partial charge in [0.05, 0.1) is 35.8 Å². The predicted molar refractivity (Wildman–Crippen MR) is 154 cm³/mol. The van der Waals surface area contributed by atoms with Crippen LogP contribution < -0.4 is 4.74 Å². The number of imidazole rings is 1. The van der Waals surface area contributed by atoms with Gasteiger partial charge in [-0.25, -0.2) is 9.78 Å². The molecule has 7 nitrogen and oxygen atoms in total. The molecule has 40 heavy (non-hydrogen) atoms. The number of carbonyl (C=O) groups is 1. The third-order valence-electron chi connectivity index (χ3n) is 7.52. The van der Waals surface area contributed by atoms with Crippen LogP contribution >= 0.6 is 0 Å². The second-order valence-corrected chi connectivity index (χ2v) is 11.8. The van der Waals surface area contributed by atoms with Gasteiger partial charge in [-0.2, -0.15) is 0 Å². The number of esters is 1. The van der Waals surface area contributed by atoms with E-state index in [9.17, 15) is 4.79 Å². The van der Waals surface area contributed by atoms with Crippen LogP contribution in [0.4, 0.5) is 0 Å². The van der Waals surface area contributed by atoms with Gasteiger partial charge < -0.3 is 18.8 Å². The van der Waals surface area contributed by atoms with Gasteiger partial charge in [0.1, 0.15) is 23.8 Å². The summed E-state index contributed by atoms with van der Waals surface area (Å²) in [4.78, 5) is 20.3. The zero-order valence-electron chi connectivity index (χ0n) is 23.6. The lowest BCUT2D eigenvalue weighted by atomic mass is 9.99. The zero-order chi connectivity index (χ0) is 27.7. The molecule has 1 saturated heterocycles. The average Bonchev–Trinajstić information content (AvgIpc) is 3.24. The summed E-state index contributed by atoms with van der Waals surface area (Å²) in [7, 11) is 0. The van der Waals surface area contributed by atoms with Crippen LogP contribution in [-0.2, 0) is 42.1 Å². The van der Waals surface area contributed by atoms with Crippen molar-refractivity contribution in [2.24, 2.45) is 0 Å². The SMILES string of the molecule is CC(C)(C)OC(=O)c1ccc2nc(CN3CCc4ccc(OCc5ccccc5)cc4C3)n(C[C@@H]3CCO3)c2c1. The van der Waals surface area contributed by atoms with Crippen molar-refractivity contribution >= 4 is 17.0 Å². The summed E-state index contributed by atoms with van der Waals surface area (Å²) in [6.07, 6.45) is 2.20. The van der Waals surface area contributed by atoms with Crippen LogP contribution in [0.25, 0.3) is 11.0 Å². The Balaban J connectivity index is 1.21. The number of hydrogen-bond acceptors (Lipinski definition) is 6. The maximum atomic E-state index is 12.8. The molecule has 1 atom stereocenters. The monoisotopic (exact) mass is 539 g/mol.